The third kappa shape index (κ3) is 1.87. The van der Waals surface area contributed by atoms with E-state index in [0.29, 0.717) is 5.41 Å². The highest BCUT2D eigenvalue weighted by Gasteiger charge is 2.44. The quantitative estimate of drug-likeness (QED) is 0.774. The molecule has 0 saturated carbocycles. The van der Waals surface area contributed by atoms with Gasteiger partial charge in [0.2, 0.25) is 0 Å². The minimum atomic E-state index is 0.518. The molecule has 18 heavy (non-hydrogen) atoms. The Morgan fingerprint density at radius 1 is 1.11 bits per heavy atom. The van der Waals surface area contributed by atoms with E-state index in [1.807, 2.05) is 0 Å². The summed E-state index contributed by atoms with van der Waals surface area (Å²) < 4.78 is 5.46. The van der Waals surface area contributed by atoms with E-state index in [1.165, 1.54) is 42.7 Å². The molecule has 0 aliphatic carbocycles. The van der Waals surface area contributed by atoms with Gasteiger partial charge in [-0.25, -0.2) is 0 Å². The van der Waals surface area contributed by atoms with Crippen LogP contribution in [0.15, 0.2) is 12.1 Å². The molecule has 0 atom stereocenters. The van der Waals surface area contributed by atoms with Crippen molar-refractivity contribution < 1.29 is 4.74 Å². The molecule has 98 valence electrons. The highest BCUT2D eigenvalue weighted by atomic mass is 16.5. The first-order valence-corrected chi connectivity index (χ1v) is 6.79. The lowest BCUT2D eigenvalue weighted by atomic mass is 9.73. The summed E-state index contributed by atoms with van der Waals surface area (Å²) in [5.74, 6) is 0. The van der Waals surface area contributed by atoms with Crippen molar-refractivity contribution in [3.63, 3.8) is 0 Å². The number of nitrogens with two attached hydrogens (primary N) is 1. The summed E-state index contributed by atoms with van der Waals surface area (Å²) in [5.41, 5.74) is 11.3. The summed E-state index contributed by atoms with van der Waals surface area (Å²) in [4.78, 5) is 2.47. The van der Waals surface area contributed by atoms with Crippen LogP contribution in [0.4, 0.5) is 11.4 Å². The van der Waals surface area contributed by atoms with Crippen molar-refractivity contribution in [1.29, 1.82) is 0 Å². The van der Waals surface area contributed by atoms with Gasteiger partial charge in [0.1, 0.15) is 0 Å². The molecule has 2 fully saturated rings. The van der Waals surface area contributed by atoms with E-state index in [-0.39, 0.29) is 0 Å². The first-order chi connectivity index (χ1) is 8.60. The van der Waals surface area contributed by atoms with Gasteiger partial charge in [0, 0.05) is 43.1 Å². The van der Waals surface area contributed by atoms with Crippen LogP contribution in [0, 0.1) is 19.3 Å². The molecule has 0 unspecified atom stereocenters. The number of benzene rings is 1. The van der Waals surface area contributed by atoms with Gasteiger partial charge < -0.3 is 15.4 Å². The van der Waals surface area contributed by atoms with Gasteiger partial charge in [-0.3, -0.25) is 0 Å². The highest BCUT2D eigenvalue weighted by molar-refractivity contribution is 5.65. The number of hydrogen-bond donors (Lipinski definition) is 1. The zero-order valence-electron chi connectivity index (χ0n) is 11.3. The summed E-state index contributed by atoms with van der Waals surface area (Å²) in [6.45, 7) is 8.45. The first-order valence-electron chi connectivity index (χ1n) is 6.79. The number of aryl methyl sites for hydroxylation is 2. The Labute approximate surface area is 109 Å². The smallest absolute Gasteiger partial charge is 0.0472 e. The predicted octanol–water partition coefficient (Wildman–Crippen LogP) is 2.50. The van der Waals surface area contributed by atoms with Crippen molar-refractivity contribution in [3.05, 3.63) is 23.3 Å². The minimum Gasteiger partial charge on any atom is -0.398 e. The molecule has 0 amide bonds. The highest BCUT2D eigenvalue weighted by Crippen LogP contribution is 2.43. The van der Waals surface area contributed by atoms with Gasteiger partial charge in [0.25, 0.3) is 0 Å². The van der Waals surface area contributed by atoms with Gasteiger partial charge in [-0.05, 0) is 43.9 Å². The molecule has 0 radical (unpaired) electrons. The van der Waals surface area contributed by atoms with Crippen molar-refractivity contribution in [2.75, 3.05) is 36.9 Å². The van der Waals surface area contributed by atoms with Gasteiger partial charge in [-0.15, -0.1) is 0 Å². The van der Waals surface area contributed by atoms with Crippen LogP contribution in [0.1, 0.15) is 24.0 Å². The number of nitrogens with zero attached hydrogens (tertiary/aromatic N) is 1. The molecule has 2 N–H and O–H groups in total. The van der Waals surface area contributed by atoms with Crippen molar-refractivity contribution in [3.8, 4) is 0 Å². The molecule has 2 aliphatic rings. The van der Waals surface area contributed by atoms with Crippen molar-refractivity contribution >= 4 is 11.4 Å². The third-order valence-corrected chi connectivity index (χ3v) is 4.53. The third-order valence-electron chi connectivity index (χ3n) is 4.53. The second kappa shape index (κ2) is 4.16. The Hall–Kier alpha value is -1.22. The summed E-state index contributed by atoms with van der Waals surface area (Å²) >= 11 is 0. The van der Waals surface area contributed by atoms with Crippen LogP contribution in [-0.2, 0) is 4.74 Å². The number of hydrogen-bond acceptors (Lipinski definition) is 3. The Bertz CT molecular complexity index is 456. The molecule has 1 aromatic carbocycles. The Kier molecular flexibility index (Phi) is 2.74. The number of rotatable bonds is 1. The molecule has 2 heterocycles. The average Bonchev–Trinajstić information content (AvgIpc) is 2.32. The van der Waals surface area contributed by atoms with E-state index >= 15 is 0 Å². The van der Waals surface area contributed by atoms with Gasteiger partial charge >= 0.3 is 0 Å². The first kappa shape index (κ1) is 11.8. The maximum Gasteiger partial charge on any atom is 0.0472 e. The van der Waals surface area contributed by atoms with Gasteiger partial charge in [-0.2, -0.15) is 0 Å². The second-order valence-corrected chi connectivity index (χ2v) is 5.96. The molecule has 3 heteroatoms. The lowest BCUT2D eigenvalue weighted by molar-refractivity contribution is -0.000221. The summed E-state index contributed by atoms with van der Waals surface area (Å²) in [7, 11) is 0. The lowest BCUT2D eigenvalue weighted by Gasteiger charge is -2.53. The minimum absolute atomic E-state index is 0.518. The van der Waals surface area contributed by atoms with Gasteiger partial charge in [0.05, 0.1) is 0 Å². The largest absolute Gasteiger partial charge is 0.398 e. The Balaban J connectivity index is 1.76. The fraction of sp³-hybridized carbons (Fsp3) is 0.600. The maximum absolute atomic E-state index is 6.03. The van der Waals surface area contributed by atoms with Crippen molar-refractivity contribution in [2.45, 2.75) is 26.7 Å². The predicted molar refractivity (Wildman–Crippen MR) is 75.0 cm³/mol. The van der Waals surface area contributed by atoms with Crippen LogP contribution in [0.5, 0.6) is 0 Å². The second-order valence-electron chi connectivity index (χ2n) is 5.96. The molecule has 1 aromatic rings. The standard InChI is InChI=1S/C15H22N2O/c1-11-7-12(2)14(8-13(11)16)17-9-15(10-17)3-5-18-6-4-15/h7-8H,3-6,9-10,16H2,1-2H3. The van der Waals surface area contributed by atoms with Crippen molar-refractivity contribution in [2.24, 2.45) is 5.41 Å². The van der Waals surface area contributed by atoms with Crippen LogP contribution in [0.2, 0.25) is 0 Å². The number of nitrogen functional groups attached to an aromatic ring is 1. The van der Waals surface area contributed by atoms with Crippen LogP contribution in [-0.4, -0.2) is 26.3 Å². The van der Waals surface area contributed by atoms with Crippen LogP contribution >= 0.6 is 0 Å². The normalized spacial score (nSPS) is 22.0. The molecule has 2 aliphatic heterocycles. The molecule has 1 spiro atoms. The zero-order chi connectivity index (χ0) is 12.8. The Morgan fingerprint density at radius 2 is 1.78 bits per heavy atom. The van der Waals surface area contributed by atoms with E-state index in [9.17, 15) is 0 Å². The monoisotopic (exact) mass is 246 g/mol. The van der Waals surface area contributed by atoms with Gasteiger partial charge in [0.15, 0.2) is 0 Å². The van der Waals surface area contributed by atoms with Crippen LogP contribution in [0.3, 0.4) is 0 Å². The summed E-state index contributed by atoms with van der Waals surface area (Å²) in [5, 5.41) is 0. The van der Waals surface area contributed by atoms with Crippen LogP contribution in [0.25, 0.3) is 0 Å². The fourth-order valence-electron chi connectivity index (χ4n) is 3.25. The van der Waals surface area contributed by atoms with Gasteiger partial charge in [-0.1, -0.05) is 6.07 Å². The van der Waals surface area contributed by atoms with E-state index in [4.69, 9.17) is 10.5 Å². The van der Waals surface area contributed by atoms with E-state index in [2.05, 4.69) is 30.9 Å². The molecule has 3 nitrogen and oxygen atoms in total. The molecule has 2 saturated heterocycles. The fourth-order valence-corrected chi connectivity index (χ4v) is 3.25. The average molecular weight is 246 g/mol. The lowest BCUT2D eigenvalue weighted by Crippen LogP contribution is -2.58. The SMILES string of the molecule is Cc1cc(C)c(N2CC3(CCOCC3)C2)cc1N. The zero-order valence-corrected chi connectivity index (χ0v) is 11.3. The molecular weight excluding hydrogens is 224 g/mol. The molecule has 0 aromatic heterocycles. The van der Waals surface area contributed by atoms with E-state index in [0.717, 1.165) is 18.9 Å². The number of anilines is 2. The summed E-state index contributed by atoms with van der Waals surface area (Å²) in [6.07, 6.45) is 2.42. The number of ether oxygens (including phenoxy) is 1. The van der Waals surface area contributed by atoms with E-state index in [1.54, 1.807) is 0 Å². The van der Waals surface area contributed by atoms with E-state index < -0.39 is 0 Å². The summed E-state index contributed by atoms with van der Waals surface area (Å²) in [6, 6.07) is 4.33. The van der Waals surface area contributed by atoms with Crippen LogP contribution < -0.4 is 10.6 Å². The molecule has 3 rings (SSSR count). The maximum atomic E-state index is 6.03. The van der Waals surface area contributed by atoms with Crippen molar-refractivity contribution in [1.82, 2.24) is 0 Å². The molecular formula is C15H22N2O. The molecule has 0 bridgehead atoms. The topological polar surface area (TPSA) is 38.5 Å². The Morgan fingerprint density at radius 3 is 2.44 bits per heavy atom.